The molecule has 4 rings (SSSR count). The van der Waals surface area contributed by atoms with E-state index in [1.807, 2.05) is 42.5 Å². The van der Waals surface area contributed by atoms with Crippen molar-refractivity contribution in [3.05, 3.63) is 88.9 Å². The Hall–Kier alpha value is -2.14. The largest absolute Gasteiger partial charge is 0.289 e. The van der Waals surface area contributed by atoms with Gasteiger partial charge in [0.25, 0.3) is 0 Å². The van der Waals surface area contributed by atoms with Gasteiger partial charge in [-0.15, -0.1) is 11.3 Å². The van der Waals surface area contributed by atoms with Gasteiger partial charge in [-0.05, 0) is 48.5 Å². The minimum Gasteiger partial charge on any atom is -0.289 e. The molecule has 122 valence electrons. The predicted octanol–water partition coefficient (Wildman–Crippen LogP) is 6.33. The van der Waals surface area contributed by atoms with Crippen LogP contribution < -0.4 is 0 Å². The number of nitrogens with zero attached hydrogens (tertiary/aromatic N) is 1. The molecule has 0 aliphatic carbocycles. The smallest absolute Gasteiger partial charge is 0.193 e. The van der Waals surface area contributed by atoms with Crippen molar-refractivity contribution in [2.45, 2.75) is 9.24 Å². The van der Waals surface area contributed by atoms with Crippen LogP contribution in [0.4, 0.5) is 0 Å². The van der Waals surface area contributed by atoms with E-state index >= 15 is 0 Å². The SMILES string of the molecule is O=C(c1ccc(Sc2nc3ccccc3s2)cc1)c1cccc(Cl)c1. The van der Waals surface area contributed by atoms with Crippen molar-refractivity contribution in [1.29, 1.82) is 0 Å². The van der Waals surface area contributed by atoms with Gasteiger partial charge >= 0.3 is 0 Å². The third kappa shape index (κ3) is 3.61. The second kappa shape index (κ2) is 7.00. The molecule has 1 aromatic heterocycles. The first-order chi connectivity index (χ1) is 12.2. The molecule has 0 amide bonds. The van der Waals surface area contributed by atoms with Crippen LogP contribution in [-0.4, -0.2) is 10.8 Å². The molecule has 1 heterocycles. The highest BCUT2D eigenvalue weighted by atomic mass is 35.5. The van der Waals surface area contributed by atoms with Gasteiger partial charge in [0.15, 0.2) is 10.1 Å². The summed E-state index contributed by atoms with van der Waals surface area (Å²) >= 11 is 9.24. The third-order valence-corrected chi connectivity index (χ3v) is 6.02. The third-order valence-electron chi connectivity index (χ3n) is 3.68. The summed E-state index contributed by atoms with van der Waals surface area (Å²) in [5, 5.41) is 0.564. The molecule has 5 heteroatoms. The summed E-state index contributed by atoms with van der Waals surface area (Å²) in [7, 11) is 0. The van der Waals surface area contributed by atoms with E-state index in [0.29, 0.717) is 16.1 Å². The first kappa shape index (κ1) is 16.3. The van der Waals surface area contributed by atoms with Crippen LogP contribution in [0.2, 0.25) is 5.02 Å². The lowest BCUT2D eigenvalue weighted by atomic mass is 10.0. The molecule has 4 aromatic rings. The summed E-state index contributed by atoms with van der Waals surface area (Å²) in [4.78, 5) is 18.2. The Bertz CT molecular complexity index is 1020. The maximum atomic E-state index is 12.5. The molecule has 0 bridgehead atoms. The molecule has 0 atom stereocenters. The van der Waals surface area contributed by atoms with Crippen LogP contribution >= 0.6 is 34.7 Å². The summed E-state index contributed by atoms with van der Waals surface area (Å²) in [6, 6.07) is 22.7. The van der Waals surface area contributed by atoms with E-state index in [1.54, 1.807) is 47.4 Å². The Balaban J connectivity index is 1.54. The highest BCUT2D eigenvalue weighted by molar-refractivity contribution is 8.01. The van der Waals surface area contributed by atoms with Crippen LogP contribution in [0.3, 0.4) is 0 Å². The second-order valence-electron chi connectivity index (χ2n) is 5.41. The quantitative estimate of drug-likeness (QED) is 0.387. The van der Waals surface area contributed by atoms with E-state index in [4.69, 9.17) is 11.6 Å². The van der Waals surface area contributed by atoms with Crippen LogP contribution in [0.15, 0.2) is 82.0 Å². The predicted molar refractivity (Wildman–Crippen MR) is 105 cm³/mol. The lowest BCUT2D eigenvalue weighted by Crippen LogP contribution is -2.00. The molecule has 0 spiro atoms. The maximum Gasteiger partial charge on any atom is 0.193 e. The van der Waals surface area contributed by atoms with Crippen LogP contribution in [-0.2, 0) is 0 Å². The molecule has 0 saturated heterocycles. The highest BCUT2D eigenvalue weighted by Crippen LogP contribution is 2.34. The van der Waals surface area contributed by atoms with E-state index in [2.05, 4.69) is 11.1 Å². The zero-order valence-corrected chi connectivity index (χ0v) is 15.4. The van der Waals surface area contributed by atoms with E-state index in [0.717, 1.165) is 14.8 Å². The molecule has 3 aromatic carbocycles. The van der Waals surface area contributed by atoms with Crippen LogP contribution in [0, 0.1) is 0 Å². The average molecular weight is 382 g/mol. The Morgan fingerprint density at radius 3 is 2.48 bits per heavy atom. The number of benzene rings is 3. The highest BCUT2D eigenvalue weighted by Gasteiger charge is 2.10. The number of ketones is 1. The number of carbonyl (C=O) groups excluding carboxylic acids is 1. The number of hydrogen-bond acceptors (Lipinski definition) is 4. The number of hydrogen-bond donors (Lipinski definition) is 0. The lowest BCUT2D eigenvalue weighted by Gasteiger charge is -2.03. The first-order valence-corrected chi connectivity index (χ1v) is 9.64. The molecular formula is C20H12ClNOS2. The minimum atomic E-state index is -0.0287. The Morgan fingerprint density at radius 1 is 0.920 bits per heavy atom. The van der Waals surface area contributed by atoms with Crippen molar-refractivity contribution in [3.63, 3.8) is 0 Å². The van der Waals surface area contributed by atoms with Gasteiger partial charge in [-0.3, -0.25) is 4.79 Å². The molecule has 0 N–H and O–H groups in total. The second-order valence-corrected chi connectivity index (χ2v) is 8.20. The number of halogens is 1. The van der Waals surface area contributed by atoms with Crippen molar-refractivity contribution in [1.82, 2.24) is 4.98 Å². The monoisotopic (exact) mass is 381 g/mol. The van der Waals surface area contributed by atoms with Crippen molar-refractivity contribution in [2.75, 3.05) is 0 Å². The summed E-state index contributed by atoms with van der Waals surface area (Å²) in [6.45, 7) is 0. The lowest BCUT2D eigenvalue weighted by molar-refractivity contribution is 0.103. The van der Waals surface area contributed by atoms with Crippen molar-refractivity contribution < 1.29 is 4.79 Å². The summed E-state index contributed by atoms with van der Waals surface area (Å²) in [6.07, 6.45) is 0. The van der Waals surface area contributed by atoms with Crippen molar-refractivity contribution in [3.8, 4) is 0 Å². The summed E-state index contributed by atoms with van der Waals surface area (Å²) in [5.74, 6) is -0.0287. The minimum absolute atomic E-state index is 0.0287. The fraction of sp³-hybridized carbons (Fsp3) is 0. The van der Waals surface area contributed by atoms with Gasteiger partial charge in [0, 0.05) is 21.0 Å². The fourth-order valence-corrected chi connectivity index (χ4v) is 4.70. The van der Waals surface area contributed by atoms with Crippen LogP contribution in [0.5, 0.6) is 0 Å². The molecule has 0 aliphatic rings. The fourth-order valence-electron chi connectivity index (χ4n) is 2.47. The number of para-hydroxylation sites is 1. The van der Waals surface area contributed by atoms with E-state index < -0.39 is 0 Å². The first-order valence-electron chi connectivity index (χ1n) is 7.63. The molecule has 2 nitrogen and oxygen atoms in total. The maximum absolute atomic E-state index is 12.5. The number of thiazole rings is 1. The van der Waals surface area contributed by atoms with Gasteiger partial charge < -0.3 is 0 Å². The topological polar surface area (TPSA) is 30.0 Å². The van der Waals surface area contributed by atoms with Gasteiger partial charge in [0.05, 0.1) is 10.2 Å². The molecule has 0 fully saturated rings. The van der Waals surface area contributed by atoms with Gasteiger partial charge in [-0.1, -0.05) is 47.6 Å². The zero-order chi connectivity index (χ0) is 17.2. The number of rotatable bonds is 4. The molecule has 0 saturated carbocycles. The normalized spacial score (nSPS) is 10.9. The number of carbonyl (C=O) groups is 1. The van der Waals surface area contributed by atoms with E-state index in [9.17, 15) is 4.79 Å². The zero-order valence-electron chi connectivity index (χ0n) is 13.0. The van der Waals surface area contributed by atoms with Gasteiger partial charge in [0.1, 0.15) is 0 Å². The molecule has 0 unspecified atom stereocenters. The van der Waals surface area contributed by atoms with Crippen molar-refractivity contribution >= 4 is 50.7 Å². The van der Waals surface area contributed by atoms with Gasteiger partial charge in [0.2, 0.25) is 0 Å². The Labute approximate surface area is 158 Å². The summed E-state index contributed by atoms with van der Waals surface area (Å²) in [5.41, 5.74) is 2.26. The van der Waals surface area contributed by atoms with Crippen LogP contribution in [0.1, 0.15) is 15.9 Å². The van der Waals surface area contributed by atoms with E-state index in [1.165, 1.54) is 4.70 Å². The molecule has 25 heavy (non-hydrogen) atoms. The van der Waals surface area contributed by atoms with E-state index in [-0.39, 0.29) is 5.78 Å². The standard InChI is InChI=1S/C20H12ClNOS2/c21-15-5-3-4-14(12-15)19(23)13-8-10-16(11-9-13)24-20-22-17-6-1-2-7-18(17)25-20/h1-12H. The molecular weight excluding hydrogens is 370 g/mol. The number of aromatic nitrogens is 1. The molecule has 0 radical (unpaired) electrons. The van der Waals surface area contributed by atoms with Gasteiger partial charge in [-0.2, -0.15) is 0 Å². The Morgan fingerprint density at radius 2 is 1.72 bits per heavy atom. The summed E-state index contributed by atoms with van der Waals surface area (Å²) < 4.78 is 2.17. The Kier molecular flexibility index (Phi) is 4.57. The number of fused-ring (bicyclic) bond motifs is 1. The average Bonchev–Trinajstić information content (AvgIpc) is 3.04. The van der Waals surface area contributed by atoms with Gasteiger partial charge in [-0.25, -0.2) is 4.98 Å². The molecule has 0 aliphatic heterocycles. The van der Waals surface area contributed by atoms with Crippen LogP contribution in [0.25, 0.3) is 10.2 Å². The van der Waals surface area contributed by atoms with Crippen molar-refractivity contribution in [2.24, 2.45) is 0 Å².